The van der Waals surface area contributed by atoms with Gasteiger partial charge in [-0.15, -0.1) is 0 Å². The molecule has 0 saturated heterocycles. The maximum Gasteiger partial charge on any atom is 0.248 e. The highest BCUT2D eigenvalue weighted by Gasteiger charge is 2.15. The summed E-state index contributed by atoms with van der Waals surface area (Å²) in [5, 5.41) is 2.30. The molecule has 1 amide bonds. The zero-order valence-electron chi connectivity index (χ0n) is 23.3. The Balaban J connectivity index is 1.33. The molecule has 0 bridgehead atoms. The Bertz CT molecular complexity index is 1590. The fraction of sp³-hybridized carbons (Fsp3) is 0.323. The average Bonchev–Trinajstić information content (AvgIpc) is 3.60. The first-order valence-corrected chi connectivity index (χ1v) is 14.2. The molecule has 9 heteroatoms. The van der Waals surface area contributed by atoms with Crippen LogP contribution in [0.3, 0.4) is 0 Å². The molecular weight excluding hydrogens is 520 g/mol. The number of rotatable bonds is 12. The largest absolute Gasteiger partial charge is 0.375 e. The molecule has 5 aromatic rings. The molecule has 0 aliphatic carbocycles. The van der Waals surface area contributed by atoms with Crippen LogP contribution in [0.5, 0.6) is 0 Å². The topological polar surface area (TPSA) is 90.1 Å². The Morgan fingerprint density at radius 3 is 2.48 bits per heavy atom. The van der Waals surface area contributed by atoms with Crippen LogP contribution in [-0.2, 0) is 22.6 Å². The van der Waals surface area contributed by atoms with Gasteiger partial charge in [0.05, 0.1) is 36.0 Å². The van der Waals surface area contributed by atoms with Crippen LogP contribution in [0.4, 0.5) is 0 Å². The van der Waals surface area contributed by atoms with Crippen molar-refractivity contribution < 1.29 is 9.53 Å². The van der Waals surface area contributed by atoms with E-state index >= 15 is 0 Å². The summed E-state index contributed by atoms with van der Waals surface area (Å²) < 4.78 is 5.02. The van der Waals surface area contributed by atoms with Crippen LogP contribution in [0.2, 0.25) is 0 Å². The number of hydrogen-bond acceptors (Lipinski definition) is 6. The Labute approximate surface area is 240 Å². The molecule has 0 spiro atoms. The van der Waals surface area contributed by atoms with E-state index in [1.807, 2.05) is 6.20 Å². The third kappa shape index (κ3) is 6.22. The van der Waals surface area contributed by atoms with Crippen molar-refractivity contribution in [2.75, 3.05) is 39.6 Å². The average molecular weight is 557 g/mol. The minimum atomic E-state index is -0.0349. The number of methoxy groups -OCH3 is 1. The van der Waals surface area contributed by atoms with Gasteiger partial charge in [0.15, 0.2) is 0 Å². The van der Waals surface area contributed by atoms with Crippen LogP contribution in [0, 0.1) is 0 Å². The number of fused-ring (bicyclic) bond motifs is 3. The van der Waals surface area contributed by atoms with Crippen molar-refractivity contribution in [2.45, 2.75) is 26.4 Å². The van der Waals surface area contributed by atoms with E-state index < -0.39 is 0 Å². The van der Waals surface area contributed by atoms with Crippen LogP contribution in [0.25, 0.3) is 44.2 Å². The molecule has 2 aromatic heterocycles. The number of amides is 1. The molecule has 2 N–H and O–H groups in total. The second-order valence-electron chi connectivity index (χ2n) is 10.1. The third-order valence-electron chi connectivity index (χ3n) is 7.03. The number of nitrogens with one attached hydrogen (secondary N) is 2. The Morgan fingerprint density at radius 1 is 0.950 bits per heavy atom. The summed E-state index contributed by atoms with van der Waals surface area (Å²) in [5.41, 5.74) is 6.32. The van der Waals surface area contributed by atoms with Gasteiger partial charge in [-0.2, -0.15) is 12.6 Å². The van der Waals surface area contributed by atoms with Gasteiger partial charge in [-0.25, -0.2) is 9.97 Å². The maximum absolute atomic E-state index is 12.3. The Morgan fingerprint density at radius 2 is 1.73 bits per heavy atom. The smallest absolute Gasteiger partial charge is 0.248 e. The fourth-order valence-corrected chi connectivity index (χ4v) is 5.34. The van der Waals surface area contributed by atoms with Crippen LogP contribution in [-0.4, -0.2) is 75.2 Å². The Kier molecular flexibility index (Phi) is 8.84. The number of aromatic nitrogens is 4. The predicted molar refractivity (Wildman–Crippen MR) is 164 cm³/mol. The van der Waals surface area contributed by atoms with Crippen LogP contribution in [0.1, 0.15) is 25.0 Å². The molecule has 3 aromatic carbocycles. The minimum Gasteiger partial charge on any atom is -0.375 e. The molecule has 0 atom stereocenters. The van der Waals surface area contributed by atoms with Crippen molar-refractivity contribution in [1.29, 1.82) is 0 Å². The van der Waals surface area contributed by atoms with Crippen LogP contribution in [0.15, 0.2) is 60.8 Å². The van der Waals surface area contributed by atoms with Crippen molar-refractivity contribution >= 4 is 40.3 Å². The van der Waals surface area contributed by atoms with Gasteiger partial charge in [0, 0.05) is 31.3 Å². The van der Waals surface area contributed by atoms with Gasteiger partial charge in [0.2, 0.25) is 5.91 Å². The molecule has 0 aliphatic rings. The summed E-state index contributed by atoms with van der Waals surface area (Å²) >= 11 is 4.33. The summed E-state index contributed by atoms with van der Waals surface area (Å²) in [6.07, 6.45) is 2.70. The minimum absolute atomic E-state index is 0.0349. The van der Waals surface area contributed by atoms with Gasteiger partial charge in [0.1, 0.15) is 18.3 Å². The lowest BCUT2D eigenvalue weighted by Crippen LogP contribution is -2.34. The van der Waals surface area contributed by atoms with E-state index in [2.05, 4.69) is 101 Å². The number of carbonyl (C=O) groups is 1. The maximum atomic E-state index is 12.3. The third-order valence-corrected chi connectivity index (χ3v) is 7.23. The van der Waals surface area contributed by atoms with Gasteiger partial charge >= 0.3 is 0 Å². The lowest BCUT2D eigenvalue weighted by molar-refractivity contribution is -0.135. The first-order chi connectivity index (χ1) is 19.5. The van der Waals surface area contributed by atoms with E-state index in [9.17, 15) is 4.79 Å². The molecule has 5 rings (SSSR count). The van der Waals surface area contributed by atoms with Crippen molar-refractivity contribution in [3.63, 3.8) is 0 Å². The van der Waals surface area contributed by atoms with Crippen LogP contribution < -0.4 is 0 Å². The first-order valence-electron chi connectivity index (χ1n) is 13.6. The highest BCUT2D eigenvalue weighted by atomic mass is 32.1. The number of hydrogen-bond donors (Lipinski definition) is 3. The fourth-order valence-electron chi connectivity index (χ4n) is 5.00. The molecule has 208 valence electrons. The van der Waals surface area contributed by atoms with Gasteiger partial charge in [-0.1, -0.05) is 49.4 Å². The van der Waals surface area contributed by atoms with Crippen molar-refractivity contribution in [3.8, 4) is 22.4 Å². The molecule has 40 heavy (non-hydrogen) atoms. The number of benzene rings is 3. The van der Waals surface area contributed by atoms with E-state index in [4.69, 9.17) is 9.72 Å². The predicted octanol–water partition coefficient (Wildman–Crippen LogP) is 5.52. The molecule has 0 saturated carbocycles. The quantitative estimate of drug-likeness (QED) is 0.176. The summed E-state index contributed by atoms with van der Waals surface area (Å²) in [6.45, 7) is 4.91. The second-order valence-corrected chi connectivity index (χ2v) is 10.6. The SMILES string of the molecule is CCCN(Cc1ncc(-c2ccc(-c3ccc4c(ccc5[nH]c(CN(C)CCS)nc54)c3)cc2)[nH]1)C(=O)COC. The highest BCUT2D eigenvalue weighted by Crippen LogP contribution is 2.30. The summed E-state index contributed by atoms with van der Waals surface area (Å²) in [7, 11) is 3.62. The number of aromatic amines is 2. The zero-order chi connectivity index (χ0) is 28.1. The summed E-state index contributed by atoms with van der Waals surface area (Å²) in [6, 6.07) is 19.3. The van der Waals surface area contributed by atoms with Crippen molar-refractivity contribution in [1.82, 2.24) is 29.7 Å². The molecule has 0 fully saturated rings. The first kappa shape index (κ1) is 27.9. The number of ether oxygens (including phenoxy) is 1. The number of nitrogens with zero attached hydrogens (tertiary/aromatic N) is 4. The monoisotopic (exact) mass is 556 g/mol. The summed E-state index contributed by atoms with van der Waals surface area (Å²) in [4.78, 5) is 32.6. The van der Waals surface area contributed by atoms with Gasteiger partial charge < -0.3 is 19.6 Å². The lowest BCUT2D eigenvalue weighted by atomic mass is 9.99. The molecule has 2 heterocycles. The second kappa shape index (κ2) is 12.7. The lowest BCUT2D eigenvalue weighted by Gasteiger charge is -2.20. The molecule has 0 aliphatic heterocycles. The van der Waals surface area contributed by atoms with Gasteiger partial charge in [-0.3, -0.25) is 9.69 Å². The Hall–Kier alpha value is -3.66. The molecular formula is C31H36N6O2S. The van der Waals surface area contributed by atoms with E-state index in [-0.39, 0.29) is 12.5 Å². The highest BCUT2D eigenvalue weighted by molar-refractivity contribution is 7.80. The van der Waals surface area contributed by atoms with Gasteiger partial charge in [-0.05, 0) is 47.7 Å². The zero-order valence-corrected chi connectivity index (χ0v) is 24.2. The number of carbonyl (C=O) groups excluding carboxylic acids is 1. The van der Waals surface area contributed by atoms with E-state index in [0.29, 0.717) is 13.1 Å². The van der Waals surface area contributed by atoms with E-state index in [0.717, 1.165) is 81.1 Å². The molecule has 0 unspecified atom stereocenters. The standard InChI is InChI=1S/C31H36N6O2S/c1-4-13-37(30(38)20-39-3)19-28-32-17-27(34-28)22-7-5-21(6-8-22)23-9-11-25-24(16-23)10-12-26-31(25)35-29(33-26)18-36(2)14-15-40/h5-12,16-17,40H,4,13-15,18-20H2,1-3H3,(H,32,34)(H,33,35). The number of H-pyrrole nitrogens is 2. The van der Waals surface area contributed by atoms with Gasteiger partial charge in [0.25, 0.3) is 0 Å². The number of imidazole rings is 2. The van der Waals surface area contributed by atoms with E-state index in [1.165, 1.54) is 7.11 Å². The summed E-state index contributed by atoms with van der Waals surface area (Å²) in [5.74, 6) is 2.51. The van der Waals surface area contributed by atoms with E-state index in [1.54, 1.807) is 4.90 Å². The molecule has 8 nitrogen and oxygen atoms in total. The molecule has 0 radical (unpaired) electrons. The number of thiol groups is 1. The van der Waals surface area contributed by atoms with Crippen molar-refractivity contribution in [3.05, 3.63) is 72.4 Å². The normalized spacial score (nSPS) is 11.6. The van der Waals surface area contributed by atoms with Crippen molar-refractivity contribution in [2.24, 2.45) is 0 Å². The van der Waals surface area contributed by atoms with Crippen LogP contribution >= 0.6 is 12.6 Å².